The van der Waals surface area contributed by atoms with Crippen molar-refractivity contribution in [3.8, 4) is 0 Å². The number of hydrogen-bond donors (Lipinski definition) is 1. The summed E-state index contributed by atoms with van der Waals surface area (Å²) in [6.07, 6.45) is 23.1. The molecule has 0 aliphatic carbocycles. The average molecular weight is 521 g/mol. The Morgan fingerprint density at radius 1 is 0.800 bits per heavy atom. The molecule has 0 saturated heterocycles. The Balaban J connectivity index is 3.70. The molecule has 0 radical (unpaired) electrons. The number of quaternary nitrogens is 1. The summed E-state index contributed by atoms with van der Waals surface area (Å²) in [5.41, 5.74) is 0. The Morgan fingerprint density at radius 3 is 1.80 bits per heavy atom. The first kappa shape index (κ1) is 34.8. The second-order valence-electron chi connectivity index (χ2n) is 10.7. The molecule has 0 bridgehead atoms. The molecule has 7 heteroatoms. The van der Waals surface area contributed by atoms with Gasteiger partial charge < -0.3 is 23.4 Å². The van der Waals surface area contributed by atoms with E-state index < -0.39 is 13.4 Å². The van der Waals surface area contributed by atoms with E-state index >= 15 is 0 Å². The number of allylic oxidation sites excluding steroid dienone is 2. The molecule has 0 heterocycles. The third kappa shape index (κ3) is 19.5. The van der Waals surface area contributed by atoms with Gasteiger partial charge in [-0.1, -0.05) is 83.8 Å². The monoisotopic (exact) mass is 520 g/mol. The van der Waals surface area contributed by atoms with Gasteiger partial charge in [-0.3, -0.25) is 4.57 Å². The van der Waals surface area contributed by atoms with E-state index in [1.54, 1.807) is 7.11 Å². The second kappa shape index (κ2) is 21.8. The van der Waals surface area contributed by atoms with Gasteiger partial charge in [0, 0.05) is 20.1 Å². The predicted molar refractivity (Wildman–Crippen MR) is 149 cm³/mol. The van der Waals surface area contributed by atoms with Crippen molar-refractivity contribution in [2.24, 2.45) is 0 Å². The maximum atomic E-state index is 12.7. The quantitative estimate of drug-likeness (QED) is 0.0578. The molecule has 0 fully saturated rings. The number of rotatable bonds is 25. The first-order valence-electron chi connectivity index (χ1n) is 14.2. The summed E-state index contributed by atoms with van der Waals surface area (Å²) in [6, 6.07) is 0. The smallest absolute Gasteiger partial charge is 0.379 e. The summed E-state index contributed by atoms with van der Waals surface area (Å²) in [5.74, 6) is -0.458. The molecule has 0 aliphatic heterocycles. The predicted octanol–water partition coefficient (Wildman–Crippen LogP) is 7.70. The third-order valence-electron chi connectivity index (χ3n) is 6.52. The summed E-state index contributed by atoms with van der Waals surface area (Å²) < 4.78 is 29.6. The van der Waals surface area contributed by atoms with Crippen LogP contribution in [0.3, 0.4) is 0 Å². The Morgan fingerprint density at radius 2 is 1.31 bits per heavy atom. The average Bonchev–Trinajstić information content (AvgIpc) is 2.79. The van der Waals surface area contributed by atoms with Crippen molar-refractivity contribution in [1.29, 1.82) is 0 Å². The van der Waals surface area contributed by atoms with Crippen LogP contribution < -0.4 is 0 Å². The number of nitrogens with zero attached hydrogens (tertiary/aromatic N) is 1. The summed E-state index contributed by atoms with van der Waals surface area (Å²) in [5, 5.41) is 0. The van der Waals surface area contributed by atoms with E-state index in [-0.39, 0.29) is 12.7 Å². The minimum atomic E-state index is -3.74. The molecule has 0 aliphatic rings. The fourth-order valence-corrected chi connectivity index (χ4v) is 6.23. The van der Waals surface area contributed by atoms with E-state index in [0.29, 0.717) is 24.1 Å². The molecule has 35 heavy (non-hydrogen) atoms. The van der Waals surface area contributed by atoms with Crippen molar-refractivity contribution in [3.63, 3.8) is 0 Å². The highest BCUT2D eigenvalue weighted by molar-refractivity contribution is 7.53. The molecule has 210 valence electrons. The van der Waals surface area contributed by atoms with E-state index in [1.165, 1.54) is 70.6 Å². The van der Waals surface area contributed by atoms with Gasteiger partial charge in [-0.05, 0) is 32.1 Å². The van der Waals surface area contributed by atoms with E-state index in [9.17, 15) is 9.46 Å². The highest BCUT2D eigenvalue weighted by atomic mass is 31.2. The van der Waals surface area contributed by atoms with Crippen LogP contribution in [0.25, 0.3) is 0 Å². The topological polar surface area (TPSA) is 65.0 Å². The molecular formula is C28H59NO5P+. The SMILES string of the molecule is CCCCCCCCCCC/C=C\CCCCCOC[C@H](COP(=O)(O)C(CC)[N+](C)(C)C)OC. The highest BCUT2D eigenvalue weighted by Crippen LogP contribution is 2.51. The molecule has 0 aromatic carbocycles. The van der Waals surface area contributed by atoms with Gasteiger partial charge in [0.2, 0.25) is 0 Å². The molecule has 0 rings (SSSR count). The fourth-order valence-electron chi connectivity index (χ4n) is 4.34. The van der Waals surface area contributed by atoms with Gasteiger partial charge in [-0.2, -0.15) is 0 Å². The standard InChI is InChI=1S/C28H58NO5P/c1-7-9-10-11-12-13-14-15-16-17-18-19-20-21-22-23-24-33-25-27(32-6)26-34-35(30,31)28(8-2)29(3,4)5/h18-19,27-28H,7-17,20-26H2,1-6H3/p+1/b19-18-/t27-,28?/m1/s1. The van der Waals surface area contributed by atoms with Gasteiger partial charge in [0.1, 0.15) is 6.10 Å². The number of hydrogen-bond acceptors (Lipinski definition) is 4. The van der Waals surface area contributed by atoms with Crippen molar-refractivity contribution in [1.82, 2.24) is 0 Å². The van der Waals surface area contributed by atoms with Gasteiger partial charge in [0.25, 0.3) is 0 Å². The van der Waals surface area contributed by atoms with Crippen LogP contribution in [0.15, 0.2) is 12.2 Å². The van der Waals surface area contributed by atoms with Gasteiger partial charge >= 0.3 is 7.60 Å². The van der Waals surface area contributed by atoms with Gasteiger partial charge in [0.15, 0.2) is 5.78 Å². The van der Waals surface area contributed by atoms with Crippen LogP contribution in [-0.2, 0) is 18.6 Å². The summed E-state index contributed by atoms with van der Waals surface area (Å²) in [7, 11) is 3.57. The zero-order chi connectivity index (χ0) is 26.4. The van der Waals surface area contributed by atoms with E-state index in [1.807, 2.05) is 28.1 Å². The van der Waals surface area contributed by atoms with Crippen LogP contribution in [-0.4, -0.2) is 69.3 Å². The van der Waals surface area contributed by atoms with Gasteiger partial charge in [-0.15, -0.1) is 0 Å². The van der Waals surface area contributed by atoms with Crippen LogP contribution >= 0.6 is 7.60 Å². The zero-order valence-electron chi connectivity index (χ0n) is 24.0. The van der Waals surface area contributed by atoms with E-state index in [0.717, 1.165) is 19.3 Å². The lowest BCUT2D eigenvalue weighted by molar-refractivity contribution is -0.883. The van der Waals surface area contributed by atoms with Crippen molar-refractivity contribution in [3.05, 3.63) is 12.2 Å². The molecule has 2 unspecified atom stereocenters. The van der Waals surface area contributed by atoms with Crippen LogP contribution in [0.5, 0.6) is 0 Å². The summed E-state index contributed by atoms with van der Waals surface area (Å²) in [6.45, 7) is 5.29. The van der Waals surface area contributed by atoms with Crippen LogP contribution in [0.2, 0.25) is 0 Å². The lowest BCUT2D eigenvalue weighted by atomic mass is 10.1. The number of unbranched alkanes of at least 4 members (excludes halogenated alkanes) is 12. The Bertz CT molecular complexity index is 550. The largest absolute Gasteiger partial charge is 0.385 e. The Kier molecular flexibility index (Phi) is 21.7. The number of ether oxygens (including phenoxy) is 2. The normalized spacial score (nSPS) is 16.0. The molecule has 0 aromatic heterocycles. The fraction of sp³-hybridized carbons (Fsp3) is 0.929. The lowest BCUT2D eigenvalue weighted by Gasteiger charge is -2.35. The van der Waals surface area contributed by atoms with Crippen molar-refractivity contribution < 1.29 is 27.9 Å². The van der Waals surface area contributed by atoms with E-state index in [4.69, 9.17) is 14.0 Å². The van der Waals surface area contributed by atoms with Crippen LogP contribution in [0, 0.1) is 0 Å². The molecule has 0 spiro atoms. The maximum absolute atomic E-state index is 12.7. The molecule has 1 N–H and O–H groups in total. The van der Waals surface area contributed by atoms with Crippen molar-refractivity contribution in [2.45, 2.75) is 122 Å². The first-order chi connectivity index (χ1) is 16.7. The molecule has 0 saturated carbocycles. The second-order valence-corrected chi connectivity index (χ2v) is 12.7. The summed E-state index contributed by atoms with van der Waals surface area (Å²) in [4.78, 5) is 10.4. The van der Waals surface area contributed by atoms with Gasteiger partial charge in [0.05, 0.1) is 34.4 Å². The van der Waals surface area contributed by atoms with Crippen LogP contribution in [0.1, 0.15) is 110 Å². The first-order valence-corrected chi connectivity index (χ1v) is 15.9. The van der Waals surface area contributed by atoms with Gasteiger partial charge in [-0.25, -0.2) is 0 Å². The molecule has 0 amide bonds. The molecule has 3 atom stereocenters. The molecule has 0 aromatic rings. The molecular weight excluding hydrogens is 461 g/mol. The Labute approximate surface area is 217 Å². The zero-order valence-corrected chi connectivity index (χ0v) is 24.9. The number of methoxy groups -OCH3 is 1. The highest BCUT2D eigenvalue weighted by Gasteiger charge is 2.41. The Hall–Kier alpha value is -0.230. The minimum Gasteiger partial charge on any atom is -0.379 e. The maximum Gasteiger partial charge on any atom is 0.385 e. The molecule has 6 nitrogen and oxygen atoms in total. The van der Waals surface area contributed by atoms with Crippen LogP contribution in [0.4, 0.5) is 0 Å². The third-order valence-corrected chi connectivity index (χ3v) is 8.85. The summed E-state index contributed by atoms with van der Waals surface area (Å²) >= 11 is 0. The van der Waals surface area contributed by atoms with Crippen molar-refractivity contribution >= 4 is 7.60 Å². The van der Waals surface area contributed by atoms with E-state index in [2.05, 4.69) is 19.1 Å². The lowest BCUT2D eigenvalue weighted by Crippen LogP contribution is -2.45. The minimum absolute atomic E-state index is 0.0601. The van der Waals surface area contributed by atoms with Crippen molar-refractivity contribution in [2.75, 3.05) is 48.1 Å².